The first kappa shape index (κ1) is 20.6. The molecular weight excluding hydrogens is 416 g/mol. The van der Waals surface area contributed by atoms with Crippen LogP contribution >= 0.6 is 11.3 Å². The Morgan fingerprint density at radius 2 is 1.69 bits per heavy atom. The van der Waals surface area contributed by atoms with Gasteiger partial charge in [0.25, 0.3) is 5.91 Å². The van der Waals surface area contributed by atoms with Gasteiger partial charge in [0.15, 0.2) is 0 Å². The lowest BCUT2D eigenvalue weighted by atomic mass is 10.00. The summed E-state index contributed by atoms with van der Waals surface area (Å²) in [6, 6.07) is 18.8. The van der Waals surface area contributed by atoms with Crippen LogP contribution in [0, 0.1) is 20.8 Å². The Morgan fingerprint density at radius 3 is 2.47 bits per heavy atom. The number of nitrogens with zero attached hydrogens (tertiary/aromatic N) is 4. The van der Waals surface area contributed by atoms with Gasteiger partial charge >= 0.3 is 0 Å². The average molecular weight is 443 g/mol. The number of amides is 1. The molecule has 1 aliphatic heterocycles. The first-order valence-corrected chi connectivity index (χ1v) is 11.8. The molecule has 0 bridgehead atoms. The number of hydrogen-bond acceptors (Lipinski definition) is 4. The van der Waals surface area contributed by atoms with Gasteiger partial charge in [0, 0.05) is 30.8 Å². The van der Waals surface area contributed by atoms with E-state index in [-0.39, 0.29) is 5.91 Å². The summed E-state index contributed by atoms with van der Waals surface area (Å²) in [7, 11) is 0. The van der Waals surface area contributed by atoms with Crippen molar-refractivity contribution in [1.29, 1.82) is 0 Å². The minimum atomic E-state index is 0.0618. The summed E-state index contributed by atoms with van der Waals surface area (Å²) in [5.41, 5.74) is 7.89. The lowest BCUT2D eigenvalue weighted by Gasteiger charge is -2.28. The maximum atomic E-state index is 13.3. The number of benzene rings is 2. The number of aryl methyl sites for hydroxylation is 2. The van der Waals surface area contributed by atoms with E-state index < -0.39 is 0 Å². The molecule has 0 unspecified atom stereocenters. The van der Waals surface area contributed by atoms with Crippen molar-refractivity contribution in [3.8, 4) is 5.13 Å². The largest absolute Gasteiger partial charge is 0.333 e. The van der Waals surface area contributed by atoms with Crippen LogP contribution in [0.5, 0.6) is 0 Å². The molecule has 0 spiro atoms. The van der Waals surface area contributed by atoms with E-state index in [1.165, 1.54) is 33.6 Å². The van der Waals surface area contributed by atoms with Gasteiger partial charge in [0.05, 0.1) is 11.4 Å². The van der Waals surface area contributed by atoms with Crippen molar-refractivity contribution < 1.29 is 4.79 Å². The fourth-order valence-corrected chi connectivity index (χ4v) is 5.44. The Hall–Kier alpha value is -3.25. The fourth-order valence-electron chi connectivity index (χ4n) is 4.40. The maximum absolute atomic E-state index is 13.3. The molecule has 162 valence electrons. The summed E-state index contributed by atoms with van der Waals surface area (Å²) in [6.45, 7) is 7.44. The van der Waals surface area contributed by atoms with Gasteiger partial charge in [0.2, 0.25) is 5.13 Å². The van der Waals surface area contributed by atoms with Crippen molar-refractivity contribution in [2.75, 3.05) is 6.54 Å². The smallest absolute Gasteiger partial charge is 0.266 e. The molecule has 6 heteroatoms. The second kappa shape index (κ2) is 8.36. The Bertz CT molecular complexity index is 1290. The van der Waals surface area contributed by atoms with E-state index in [2.05, 4.69) is 49.4 Å². The summed E-state index contributed by atoms with van der Waals surface area (Å²) in [5.74, 6) is 0.0618. The molecule has 0 N–H and O–H groups in total. The van der Waals surface area contributed by atoms with Crippen LogP contribution < -0.4 is 0 Å². The molecule has 0 saturated carbocycles. The monoisotopic (exact) mass is 442 g/mol. The van der Waals surface area contributed by atoms with Crippen LogP contribution in [0.15, 0.2) is 54.6 Å². The second-order valence-corrected chi connectivity index (χ2v) is 9.36. The number of hydrogen-bond donors (Lipinski definition) is 0. The van der Waals surface area contributed by atoms with E-state index in [0.29, 0.717) is 11.4 Å². The molecular formula is C26H26N4OS. The topological polar surface area (TPSA) is 51.0 Å². The zero-order valence-electron chi connectivity index (χ0n) is 18.6. The standard InChI is InChI=1S/C26H26N4OS/c1-17-23(15-20-9-5-4-6-10-20)19(3)30(28-17)26-27-18(2)24(32-26)25(31)29-14-13-21-11-7-8-12-22(21)16-29/h4-12H,13-16H2,1-3H3. The second-order valence-electron chi connectivity index (χ2n) is 8.38. The number of rotatable bonds is 4. The molecule has 5 nitrogen and oxygen atoms in total. The van der Waals surface area contributed by atoms with Crippen LogP contribution in [0.2, 0.25) is 0 Å². The van der Waals surface area contributed by atoms with Crippen LogP contribution in [-0.2, 0) is 19.4 Å². The summed E-state index contributed by atoms with van der Waals surface area (Å²) in [4.78, 5) is 20.7. The zero-order chi connectivity index (χ0) is 22.2. The third kappa shape index (κ3) is 3.75. The highest BCUT2D eigenvalue weighted by atomic mass is 32.1. The highest BCUT2D eigenvalue weighted by molar-refractivity contribution is 7.16. The van der Waals surface area contributed by atoms with E-state index in [1.807, 2.05) is 35.6 Å². The van der Waals surface area contributed by atoms with Crippen LogP contribution in [0.3, 0.4) is 0 Å². The summed E-state index contributed by atoms with van der Waals surface area (Å²) < 4.78 is 1.90. The SMILES string of the molecule is Cc1nc(-n2nc(C)c(Cc3ccccc3)c2C)sc1C(=O)N1CCc2ccccc2C1. The van der Waals surface area contributed by atoms with Crippen LogP contribution in [0.4, 0.5) is 0 Å². The molecule has 32 heavy (non-hydrogen) atoms. The first-order valence-electron chi connectivity index (χ1n) is 10.9. The van der Waals surface area contributed by atoms with Crippen molar-refractivity contribution in [1.82, 2.24) is 19.7 Å². The Balaban J connectivity index is 1.42. The third-order valence-corrected chi connectivity index (χ3v) is 7.36. The number of carbonyl (C=O) groups is 1. The zero-order valence-corrected chi connectivity index (χ0v) is 19.4. The highest BCUT2D eigenvalue weighted by Gasteiger charge is 2.26. The number of carbonyl (C=O) groups excluding carboxylic acids is 1. The predicted molar refractivity (Wildman–Crippen MR) is 128 cm³/mol. The number of thiazole rings is 1. The van der Waals surface area contributed by atoms with E-state index in [9.17, 15) is 4.79 Å². The van der Waals surface area contributed by atoms with Gasteiger partial charge < -0.3 is 4.90 Å². The average Bonchev–Trinajstić information content (AvgIpc) is 3.33. The summed E-state index contributed by atoms with van der Waals surface area (Å²) in [5, 5.41) is 5.53. The van der Waals surface area contributed by atoms with Gasteiger partial charge in [-0.2, -0.15) is 5.10 Å². The fraction of sp³-hybridized carbons (Fsp3) is 0.269. The summed E-state index contributed by atoms with van der Waals surface area (Å²) in [6.07, 6.45) is 1.73. The van der Waals surface area contributed by atoms with Crippen molar-refractivity contribution in [3.63, 3.8) is 0 Å². The lowest BCUT2D eigenvalue weighted by Crippen LogP contribution is -2.35. The predicted octanol–water partition coefficient (Wildman–Crippen LogP) is 5.04. The Kier molecular flexibility index (Phi) is 5.39. The molecule has 0 saturated heterocycles. The minimum absolute atomic E-state index is 0.0618. The molecule has 3 heterocycles. The maximum Gasteiger partial charge on any atom is 0.266 e. The van der Waals surface area contributed by atoms with Crippen molar-refractivity contribution in [2.24, 2.45) is 0 Å². The first-order chi connectivity index (χ1) is 15.5. The molecule has 4 aromatic rings. The Morgan fingerprint density at radius 1 is 0.969 bits per heavy atom. The molecule has 2 aromatic heterocycles. The van der Waals surface area contributed by atoms with Gasteiger partial charge in [0.1, 0.15) is 4.88 Å². The van der Waals surface area contributed by atoms with Gasteiger partial charge in [-0.25, -0.2) is 9.67 Å². The molecule has 1 amide bonds. The van der Waals surface area contributed by atoms with E-state index in [4.69, 9.17) is 10.1 Å². The molecule has 0 radical (unpaired) electrons. The van der Waals surface area contributed by atoms with Crippen LogP contribution in [0.25, 0.3) is 5.13 Å². The van der Waals surface area contributed by atoms with Gasteiger partial charge in [-0.15, -0.1) is 0 Å². The van der Waals surface area contributed by atoms with E-state index >= 15 is 0 Å². The number of aromatic nitrogens is 3. The van der Waals surface area contributed by atoms with Gasteiger partial charge in [-0.3, -0.25) is 4.79 Å². The van der Waals surface area contributed by atoms with E-state index in [1.54, 1.807) is 0 Å². The van der Waals surface area contributed by atoms with Gasteiger partial charge in [-0.1, -0.05) is 65.9 Å². The molecule has 5 rings (SSSR count). The van der Waals surface area contributed by atoms with E-state index in [0.717, 1.165) is 41.6 Å². The van der Waals surface area contributed by atoms with Crippen molar-refractivity contribution in [3.05, 3.63) is 98.8 Å². The van der Waals surface area contributed by atoms with Crippen molar-refractivity contribution >= 4 is 17.2 Å². The lowest BCUT2D eigenvalue weighted by molar-refractivity contribution is 0.0738. The third-order valence-electron chi connectivity index (χ3n) is 6.24. The summed E-state index contributed by atoms with van der Waals surface area (Å²) >= 11 is 1.44. The number of fused-ring (bicyclic) bond motifs is 1. The molecule has 1 aliphatic rings. The highest BCUT2D eigenvalue weighted by Crippen LogP contribution is 2.28. The van der Waals surface area contributed by atoms with Crippen molar-refractivity contribution in [2.45, 2.75) is 40.2 Å². The molecule has 0 fully saturated rings. The molecule has 0 aliphatic carbocycles. The molecule has 0 atom stereocenters. The van der Waals surface area contributed by atoms with Crippen LogP contribution in [-0.4, -0.2) is 32.1 Å². The van der Waals surface area contributed by atoms with Crippen LogP contribution in [0.1, 0.15) is 49.0 Å². The minimum Gasteiger partial charge on any atom is -0.333 e. The van der Waals surface area contributed by atoms with Gasteiger partial charge in [-0.05, 0) is 43.9 Å². The quantitative estimate of drug-likeness (QED) is 0.445. The Labute approximate surface area is 192 Å². The molecule has 2 aromatic carbocycles. The normalized spacial score (nSPS) is 13.3.